The summed E-state index contributed by atoms with van der Waals surface area (Å²) in [6.45, 7) is 0.520. The summed E-state index contributed by atoms with van der Waals surface area (Å²) < 4.78 is 12.0. The van der Waals surface area contributed by atoms with E-state index in [-0.39, 0.29) is 0 Å². The maximum Gasteiger partial charge on any atom is 0.241 e. The average Bonchev–Trinajstić information content (AvgIpc) is 3.10. The van der Waals surface area contributed by atoms with Gasteiger partial charge in [-0.2, -0.15) is 0 Å². The smallest absolute Gasteiger partial charge is 0.241 e. The van der Waals surface area contributed by atoms with Crippen molar-refractivity contribution in [3.63, 3.8) is 0 Å². The second-order valence-corrected chi connectivity index (χ2v) is 12.7. The van der Waals surface area contributed by atoms with Crippen LogP contribution >= 0.6 is 7.92 Å². The van der Waals surface area contributed by atoms with Gasteiger partial charge < -0.3 is 9.47 Å². The third kappa shape index (κ3) is 5.53. The number of ether oxygens (including phenoxy) is 2. The third-order valence-corrected chi connectivity index (χ3v) is 10.3. The Labute approximate surface area is 258 Å². The molecule has 214 valence electrons. The molecule has 44 heavy (non-hydrogen) atoms. The molecule has 5 heteroatoms. The molecule has 0 saturated carbocycles. The summed E-state index contributed by atoms with van der Waals surface area (Å²) in [7, 11) is 0.795. The largest absolute Gasteiger partial charge is 0.497 e. The number of hydrogen-bond acceptors (Lipinski definition) is 4. The van der Waals surface area contributed by atoms with Gasteiger partial charge in [0.1, 0.15) is 11.4 Å². The highest BCUT2D eigenvalue weighted by atomic mass is 31.1. The molecule has 0 N–H and O–H groups in total. The van der Waals surface area contributed by atoms with Crippen molar-refractivity contribution in [2.45, 2.75) is 6.42 Å². The van der Waals surface area contributed by atoms with Crippen LogP contribution in [0.5, 0.6) is 11.6 Å². The summed E-state index contributed by atoms with van der Waals surface area (Å²) in [5.74, 6) is 1.35. The van der Waals surface area contributed by atoms with Gasteiger partial charge in [-0.3, -0.25) is 0 Å². The van der Waals surface area contributed by atoms with Crippen LogP contribution in [0.3, 0.4) is 0 Å². The highest BCUT2D eigenvalue weighted by molar-refractivity contribution is 7.80. The van der Waals surface area contributed by atoms with Crippen LogP contribution in [0.2, 0.25) is 0 Å². The molecule has 0 fully saturated rings. The zero-order valence-electron chi connectivity index (χ0n) is 24.4. The number of fused-ring (bicyclic) bond motifs is 2. The van der Waals surface area contributed by atoms with Crippen LogP contribution in [0.25, 0.3) is 32.8 Å². The number of methoxy groups -OCH3 is 1. The summed E-state index contributed by atoms with van der Waals surface area (Å²) in [4.78, 5) is 0. The Morgan fingerprint density at radius 3 is 1.89 bits per heavy atom. The molecule has 0 amide bonds. The summed E-state index contributed by atoms with van der Waals surface area (Å²) in [5, 5.41) is 17.6. The van der Waals surface area contributed by atoms with Crippen molar-refractivity contribution in [1.82, 2.24) is 10.2 Å². The van der Waals surface area contributed by atoms with Crippen molar-refractivity contribution >= 4 is 45.4 Å². The second kappa shape index (κ2) is 12.7. The van der Waals surface area contributed by atoms with Crippen molar-refractivity contribution in [1.29, 1.82) is 0 Å². The van der Waals surface area contributed by atoms with Gasteiger partial charge in [0.05, 0.1) is 13.7 Å². The fourth-order valence-corrected chi connectivity index (χ4v) is 8.18. The fraction of sp³-hybridized carbons (Fsp3) is 0.0769. The van der Waals surface area contributed by atoms with E-state index in [0.717, 1.165) is 45.0 Å². The van der Waals surface area contributed by atoms with E-state index >= 15 is 0 Å². The van der Waals surface area contributed by atoms with Crippen LogP contribution in [0.15, 0.2) is 146 Å². The zero-order chi connectivity index (χ0) is 29.7. The van der Waals surface area contributed by atoms with Gasteiger partial charge in [0.15, 0.2) is 0 Å². The van der Waals surface area contributed by atoms with Crippen molar-refractivity contribution in [2.24, 2.45) is 0 Å². The zero-order valence-corrected chi connectivity index (χ0v) is 25.3. The predicted molar refractivity (Wildman–Crippen MR) is 183 cm³/mol. The molecule has 0 aliphatic carbocycles. The predicted octanol–water partition coefficient (Wildman–Crippen LogP) is 7.84. The molecule has 1 aromatic heterocycles. The molecule has 6 aromatic carbocycles. The number of aromatic nitrogens is 2. The summed E-state index contributed by atoms with van der Waals surface area (Å²) in [5.41, 5.74) is 3.13. The molecule has 0 bridgehead atoms. The molecule has 0 aliphatic rings. The van der Waals surface area contributed by atoms with E-state index < -0.39 is 7.92 Å². The lowest BCUT2D eigenvalue weighted by Crippen LogP contribution is -2.22. The van der Waals surface area contributed by atoms with Crippen LogP contribution < -0.4 is 25.4 Å². The van der Waals surface area contributed by atoms with Crippen LogP contribution in [-0.2, 0) is 6.42 Å². The van der Waals surface area contributed by atoms with E-state index in [4.69, 9.17) is 19.7 Å². The Kier molecular flexibility index (Phi) is 7.99. The van der Waals surface area contributed by atoms with Gasteiger partial charge in [0.25, 0.3) is 0 Å². The van der Waals surface area contributed by atoms with Gasteiger partial charge in [-0.15, -0.1) is 10.2 Å². The molecular formula is C39H31N2O2P. The van der Waals surface area contributed by atoms with Crippen LogP contribution in [0, 0.1) is 0 Å². The Bertz CT molecular complexity index is 1990. The first-order valence-corrected chi connectivity index (χ1v) is 16.1. The minimum Gasteiger partial charge on any atom is -0.497 e. The van der Waals surface area contributed by atoms with Crippen molar-refractivity contribution in [3.05, 3.63) is 151 Å². The highest BCUT2D eigenvalue weighted by Crippen LogP contribution is 2.42. The monoisotopic (exact) mass is 590 g/mol. The molecule has 0 unspecified atom stereocenters. The lowest BCUT2D eigenvalue weighted by molar-refractivity contribution is 0.310. The van der Waals surface area contributed by atoms with Crippen molar-refractivity contribution in [2.75, 3.05) is 13.7 Å². The SMILES string of the molecule is COc1ccc2ccc(P(c3ccccc3)c3ccccc3)c(-c3nnc(OCCc4ccccc4)c4ccccc34)c2c1. The summed E-state index contributed by atoms with van der Waals surface area (Å²) >= 11 is 0. The molecule has 0 spiro atoms. The van der Waals surface area contributed by atoms with Gasteiger partial charge in [0, 0.05) is 22.8 Å². The maximum absolute atomic E-state index is 6.26. The van der Waals surface area contributed by atoms with Crippen LogP contribution in [0.1, 0.15) is 5.56 Å². The normalized spacial score (nSPS) is 11.2. The van der Waals surface area contributed by atoms with Crippen molar-refractivity contribution in [3.8, 4) is 22.9 Å². The molecule has 0 atom stereocenters. The van der Waals surface area contributed by atoms with E-state index in [9.17, 15) is 0 Å². The summed E-state index contributed by atoms with van der Waals surface area (Å²) in [6.07, 6.45) is 0.796. The molecular weight excluding hydrogens is 559 g/mol. The Balaban J connectivity index is 1.44. The van der Waals surface area contributed by atoms with Crippen LogP contribution in [0.4, 0.5) is 0 Å². The first-order chi connectivity index (χ1) is 21.8. The van der Waals surface area contributed by atoms with Crippen LogP contribution in [-0.4, -0.2) is 23.9 Å². The maximum atomic E-state index is 6.26. The molecule has 0 aliphatic heterocycles. The molecule has 0 radical (unpaired) electrons. The quantitative estimate of drug-likeness (QED) is 0.161. The molecule has 4 nitrogen and oxygen atoms in total. The number of hydrogen-bond donors (Lipinski definition) is 0. The highest BCUT2D eigenvalue weighted by Gasteiger charge is 2.25. The molecule has 7 aromatic rings. The van der Waals surface area contributed by atoms with E-state index in [2.05, 4.69) is 127 Å². The standard InChI is InChI=1S/C39H31N2O2P/c1-42-30-23-21-29-22-24-36(44(31-15-7-3-8-16-31)32-17-9-4-10-18-32)37(35(29)27-30)38-33-19-11-12-20-34(33)39(41-40-38)43-26-25-28-13-5-2-6-14-28/h2-24,27H,25-26H2,1H3. The number of rotatable bonds is 9. The lowest BCUT2D eigenvalue weighted by atomic mass is 9.98. The topological polar surface area (TPSA) is 44.2 Å². The minimum absolute atomic E-state index is 0.520. The van der Waals surface area contributed by atoms with Gasteiger partial charge in [0.2, 0.25) is 5.88 Å². The van der Waals surface area contributed by atoms with Gasteiger partial charge >= 0.3 is 0 Å². The van der Waals surface area contributed by atoms with Crippen molar-refractivity contribution < 1.29 is 9.47 Å². The fourth-order valence-electron chi connectivity index (χ4n) is 5.71. The van der Waals surface area contributed by atoms with E-state index in [0.29, 0.717) is 12.5 Å². The first-order valence-electron chi connectivity index (χ1n) is 14.7. The molecule has 7 rings (SSSR count). The van der Waals surface area contributed by atoms with Gasteiger partial charge in [-0.1, -0.05) is 127 Å². The third-order valence-electron chi connectivity index (χ3n) is 7.84. The minimum atomic E-state index is -0.916. The Morgan fingerprint density at radius 1 is 0.591 bits per heavy atom. The number of benzene rings is 6. The lowest BCUT2D eigenvalue weighted by Gasteiger charge is -2.24. The second-order valence-electron chi connectivity index (χ2n) is 10.5. The van der Waals surface area contributed by atoms with E-state index in [1.54, 1.807) is 7.11 Å². The Hall–Kier alpha value is -5.05. The average molecular weight is 591 g/mol. The number of nitrogens with zero attached hydrogens (tertiary/aromatic N) is 2. The van der Waals surface area contributed by atoms with Gasteiger partial charge in [-0.25, -0.2) is 0 Å². The first kappa shape index (κ1) is 27.8. The Morgan fingerprint density at radius 2 is 1.20 bits per heavy atom. The summed E-state index contributed by atoms with van der Waals surface area (Å²) in [6, 6.07) is 50.9. The molecule has 1 heterocycles. The van der Waals surface area contributed by atoms with E-state index in [1.807, 2.05) is 18.2 Å². The van der Waals surface area contributed by atoms with E-state index in [1.165, 1.54) is 21.5 Å². The molecule has 0 saturated heterocycles. The van der Waals surface area contributed by atoms with Gasteiger partial charge in [-0.05, 0) is 58.4 Å².